The number of hydrogen-bond donors (Lipinski definition) is 1. The molecule has 20 heavy (non-hydrogen) atoms. The van der Waals surface area contributed by atoms with Crippen LogP contribution in [0.4, 0.5) is 0 Å². The third kappa shape index (κ3) is 2.67. The number of nitrogens with one attached hydrogen (secondary N) is 1. The minimum Gasteiger partial charge on any atom is -0.444 e. The average molecular weight is 333 g/mol. The summed E-state index contributed by atoms with van der Waals surface area (Å²) in [5, 5.41) is 4.25. The number of carbonyl (C=O) groups excluding carboxylic acids is 1. The van der Waals surface area contributed by atoms with Crippen LogP contribution in [0.15, 0.2) is 50.6 Å². The first-order chi connectivity index (χ1) is 9.74. The van der Waals surface area contributed by atoms with Gasteiger partial charge in [-0.1, -0.05) is 24.3 Å². The van der Waals surface area contributed by atoms with Crippen molar-refractivity contribution in [2.24, 2.45) is 5.10 Å². The molecule has 0 spiro atoms. The standard InChI is InChI=1S/C15H13BrN2O2/c16-14-9-8-13(20-14)15(19)18-17-12-7-3-5-10-4-1-2-6-11(10)12/h1-2,4,6,8-9H,3,5,7H2,(H,18,19). The summed E-state index contributed by atoms with van der Waals surface area (Å²) in [6.45, 7) is 0. The van der Waals surface area contributed by atoms with Crippen LogP contribution in [0.3, 0.4) is 0 Å². The van der Waals surface area contributed by atoms with E-state index in [0.29, 0.717) is 4.67 Å². The highest BCUT2D eigenvalue weighted by Crippen LogP contribution is 2.21. The van der Waals surface area contributed by atoms with Gasteiger partial charge in [0.15, 0.2) is 10.4 Å². The van der Waals surface area contributed by atoms with Crippen molar-refractivity contribution in [3.05, 3.63) is 58.0 Å². The van der Waals surface area contributed by atoms with Gasteiger partial charge in [0.25, 0.3) is 0 Å². The van der Waals surface area contributed by atoms with Gasteiger partial charge in [0, 0.05) is 5.56 Å². The predicted octanol–water partition coefficient (Wildman–Crippen LogP) is 3.51. The number of furan rings is 1. The maximum absolute atomic E-state index is 11.9. The molecule has 3 rings (SSSR count). The monoisotopic (exact) mass is 332 g/mol. The molecule has 0 unspecified atom stereocenters. The second-order valence-corrected chi connectivity index (χ2v) is 5.40. The van der Waals surface area contributed by atoms with Gasteiger partial charge >= 0.3 is 5.91 Å². The lowest BCUT2D eigenvalue weighted by atomic mass is 9.90. The predicted molar refractivity (Wildman–Crippen MR) is 79.8 cm³/mol. The van der Waals surface area contributed by atoms with E-state index in [2.05, 4.69) is 32.5 Å². The lowest BCUT2D eigenvalue weighted by Crippen LogP contribution is -2.21. The Morgan fingerprint density at radius 1 is 1.20 bits per heavy atom. The van der Waals surface area contributed by atoms with Crippen LogP contribution in [-0.4, -0.2) is 11.6 Å². The molecule has 4 nitrogen and oxygen atoms in total. The van der Waals surface area contributed by atoms with E-state index in [1.807, 2.05) is 18.2 Å². The molecule has 0 fully saturated rings. The number of carbonyl (C=O) groups is 1. The van der Waals surface area contributed by atoms with Crippen molar-refractivity contribution in [2.75, 3.05) is 0 Å². The molecule has 102 valence electrons. The largest absolute Gasteiger partial charge is 0.444 e. The Hall–Kier alpha value is -1.88. The molecule has 1 aromatic heterocycles. The molecule has 1 aromatic carbocycles. The summed E-state index contributed by atoms with van der Waals surface area (Å²) in [7, 11) is 0. The molecule has 0 saturated heterocycles. The van der Waals surface area contributed by atoms with Gasteiger partial charge in [0.2, 0.25) is 0 Å². The van der Waals surface area contributed by atoms with Crippen LogP contribution in [0, 0.1) is 0 Å². The van der Waals surface area contributed by atoms with E-state index in [1.165, 1.54) is 5.56 Å². The van der Waals surface area contributed by atoms with Gasteiger partial charge in [-0.2, -0.15) is 5.10 Å². The molecule has 0 aliphatic heterocycles. The average Bonchev–Trinajstić information content (AvgIpc) is 2.91. The van der Waals surface area contributed by atoms with Crippen molar-refractivity contribution >= 4 is 27.5 Å². The lowest BCUT2D eigenvalue weighted by Gasteiger charge is -2.17. The van der Waals surface area contributed by atoms with E-state index in [9.17, 15) is 4.79 Å². The SMILES string of the molecule is O=C(NN=C1CCCc2ccccc21)c1ccc(Br)o1. The van der Waals surface area contributed by atoms with E-state index in [-0.39, 0.29) is 11.7 Å². The number of amides is 1. The Kier molecular flexibility index (Phi) is 3.69. The fourth-order valence-electron chi connectivity index (χ4n) is 2.33. The summed E-state index contributed by atoms with van der Waals surface area (Å²) in [5.41, 5.74) is 5.89. The number of hydrogen-bond acceptors (Lipinski definition) is 3. The Bertz CT molecular complexity index is 676. The van der Waals surface area contributed by atoms with E-state index >= 15 is 0 Å². The maximum atomic E-state index is 11.9. The van der Waals surface area contributed by atoms with E-state index in [0.717, 1.165) is 30.5 Å². The molecule has 1 amide bonds. The third-order valence-corrected chi connectivity index (χ3v) is 3.70. The van der Waals surface area contributed by atoms with Crippen LogP contribution in [0.2, 0.25) is 0 Å². The summed E-state index contributed by atoms with van der Waals surface area (Å²) < 4.78 is 5.72. The van der Waals surface area contributed by atoms with Crippen LogP contribution in [-0.2, 0) is 6.42 Å². The van der Waals surface area contributed by atoms with E-state index < -0.39 is 0 Å². The molecule has 0 bridgehead atoms. The summed E-state index contributed by atoms with van der Waals surface area (Å²) in [6, 6.07) is 11.5. The second kappa shape index (κ2) is 5.63. The number of hydrazone groups is 1. The number of halogens is 1. The van der Waals surface area contributed by atoms with Crippen molar-refractivity contribution in [1.29, 1.82) is 0 Å². The zero-order valence-corrected chi connectivity index (χ0v) is 12.3. The molecule has 2 aromatic rings. The first-order valence-electron chi connectivity index (χ1n) is 6.44. The number of fused-ring (bicyclic) bond motifs is 1. The Labute approximate surface area is 125 Å². The van der Waals surface area contributed by atoms with E-state index in [1.54, 1.807) is 12.1 Å². The molecule has 5 heteroatoms. The van der Waals surface area contributed by atoms with Gasteiger partial charge in [0.05, 0.1) is 5.71 Å². The van der Waals surface area contributed by atoms with Gasteiger partial charge < -0.3 is 4.42 Å². The first-order valence-corrected chi connectivity index (χ1v) is 7.24. The van der Waals surface area contributed by atoms with Crippen LogP contribution in [0.25, 0.3) is 0 Å². The normalized spacial score (nSPS) is 15.9. The fourth-order valence-corrected chi connectivity index (χ4v) is 2.63. The highest BCUT2D eigenvalue weighted by Gasteiger charge is 2.16. The summed E-state index contributed by atoms with van der Waals surface area (Å²) in [6.07, 6.45) is 2.99. The molecular weight excluding hydrogens is 320 g/mol. The van der Waals surface area contributed by atoms with Crippen molar-refractivity contribution < 1.29 is 9.21 Å². The highest BCUT2D eigenvalue weighted by atomic mass is 79.9. The van der Waals surface area contributed by atoms with Gasteiger partial charge in [-0.3, -0.25) is 4.79 Å². The summed E-state index contributed by atoms with van der Waals surface area (Å²) >= 11 is 3.17. The molecule has 1 aliphatic rings. The minimum atomic E-state index is -0.341. The maximum Gasteiger partial charge on any atom is 0.307 e. The number of rotatable bonds is 2. The van der Waals surface area contributed by atoms with Crippen molar-refractivity contribution in [2.45, 2.75) is 19.3 Å². The molecular formula is C15H13BrN2O2. The van der Waals surface area contributed by atoms with Gasteiger partial charge in [-0.25, -0.2) is 5.43 Å². The van der Waals surface area contributed by atoms with Gasteiger partial charge in [0.1, 0.15) is 0 Å². The first kappa shape index (κ1) is 13.1. The number of nitrogens with zero attached hydrogens (tertiary/aromatic N) is 1. The Morgan fingerprint density at radius 2 is 2.05 bits per heavy atom. The van der Waals surface area contributed by atoms with Crippen molar-refractivity contribution in [1.82, 2.24) is 5.43 Å². The quantitative estimate of drug-likeness (QED) is 0.855. The topological polar surface area (TPSA) is 54.6 Å². The Balaban J connectivity index is 1.79. The zero-order chi connectivity index (χ0) is 13.9. The van der Waals surface area contributed by atoms with Crippen molar-refractivity contribution in [3.63, 3.8) is 0 Å². The van der Waals surface area contributed by atoms with Gasteiger partial charge in [-0.05, 0) is 52.9 Å². The molecule has 1 aliphatic carbocycles. The highest BCUT2D eigenvalue weighted by molar-refractivity contribution is 9.10. The minimum absolute atomic E-state index is 0.241. The van der Waals surface area contributed by atoms with Crippen LogP contribution < -0.4 is 5.43 Å². The van der Waals surface area contributed by atoms with Gasteiger partial charge in [-0.15, -0.1) is 0 Å². The van der Waals surface area contributed by atoms with Crippen LogP contribution in [0.1, 0.15) is 34.5 Å². The summed E-state index contributed by atoms with van der Waals surface area (Å²) in [4.78, 5) is 11.9. The molecule has 1 N–H and O–H groups in total. The van der Waals surface area contributed by atoms with Crippen LogP contribution >= 0.6 is 15.9 Å². The summed E-state index contributed by atoms with van der Waals surface area (Å²) in [5.74, 6) is -0.100. The molecule has 1 heterocycles. The molecule has 0 radical (unpaired) electrons. The Morgan fingerprint density at radius 3 is 2.85 bits per heavy atom. The fraction of sp³-hybridized carbons (Fsp3) is 0.200. The number of benzene rings is 1. The smallest absolute Gasteiger partial charge is 0.307 e. The van der Waals surface area contributed by atoms with E-state index in [4.69, 9.17) is 4.42 Å². The zero-order valence-electron chi connectivity index (χ0n) is 10.7. The second-order valence-electron chi connectivity index (χ2n) is 4.61. The molecule has 0 saturated carbocycles. The number of aryl methyl sites for hydroxylation is 1. The van der Waals surface area contributed by atoms with Crippen LogP contribution in [0.5, 0.6) is 0 Å². The third-order valence-electron chi connectivity index (χ3n) is 3.28. The van der Waals surface area contributed by atoms with Crippen molar-refractivity contribution in [3.8, 4) is 0 Å². The molecule has 0 atom stereocenters. The lowest BCUT2D eigenvalue weighted by molar-refractivity contribution is 0.0926.